The van der Waals surface area contributed by atoms with Crippen LogP contribution in [-0.4, -0.2) is 4.83 Å². The zero-order valence-corrected chi connectivity index (χ0v) is 9.89. The average molecular weight is 251 g/mol. The first-order valence-corrected chi connectivity index (χ1v) is 6.47. The van der Waals surface area contributed by atoms with Crippen LogP contribution in [0.1, 0.15) is 36.8 Å². The number of fused-ring (bicyclic) bond motifs is 2. The topological polar surface area (TPSA) is 0 Å². The van der Waals surface area contributed by atoms with Crippen molar-refractivity contribution in [3.05, 3.63) is 35.4 Å². The van der Waals surface area contributed by atoms with E-state index in [2.05, 4.69) is 40.2 Å². The van der Waals surface area contributed by atoms with E-state index in [4.69, 9.17) is 0 Å². The summed E-state index contributed by atoms with van der Waals surface area (Å²) < 4.78 is 0. The molecule has 1 saturated carbocycles. The molecule has 1 fully saturated rings. The minimum Gasteiger partial charge on any atom is -0.0881 e. The van der Waals surface area contributed by atoms with Crippen molar-refractivity contribution in [2.24, 2.45) is 0 Å². The largest absolute Gasteiger partial charge is 0.0881 e. The van der Waals surface area contributed by atoms with Gasteiger partial charge in [-0.25, -0.2) is 0 Å². The molecule has 1 aromatic carbocycles. The molecule has 0 heterocycles. The van der Waals surface area contributed by atoms with Gasteiger partial charge in [0.25, 0.3) is 0 Å². The summed E-state index contributed by atoms with van der Waals surface area (Å²) in [5.74, 6) is 0. The number of benzene rings is 1. The normalized spacial score (nSPS) is 35.1. The molecule has 0 aromatic heterocycles. The monoisotopic (exact) mass is 250 g/mol. The highest BCUT2D eigenvalue weighted by atomic mass is 79.9. The van der Waals surface area contributed by atoms with Crippen LogP contribution in [0.3, 0.4) is 0 Å². The standard InChI is InChI=1S/C13H15Br/c14-12-6-3-8-13(12)9-7-10-4-1-2-5-11(10)13/h1-2,4-5,12H,3,6-9H2. The highest BCUT2D eigenvalue weighted by Gasteiger charge is 2.46. The van der Waals surface area contributed by atoms with E-state index in [1.165, 1.54) is 32.1 Å². The van der Waals surface area contributed by atoms with Gasteiger partial charge >= 0.3 is 0 Å². The maximum atomic E-state index is 3.89. The minimum absolute atomic E-state index is 0.497. The number of rotatable bonds is 0. The highest BCUT2D eigenvalue weighted by molar-refractivity contribution is 9.09. The van der Waals surface area contributed by atoms with Crippen LogP contribution in [-0.2, 0) is 11.8 Å². The van der Waals surface area contributed by atoms with Crippen molar-refractivity contribution in [2.75, 3.05) is 0 Å². The third-order valence-corrected chi connectivity index (χ3v) is 5.41. The van der Waals surface area contributed by atoms with Gasteiger partial charge in [-0.1, -0.05) is 46.6 Å². The number of hydrogen-bond donors (Lipinski definition) is 0. The molecule has 74 valence electrons. The van der Waals surface area contributed by atoms with Crippen LogP contribution in [0.4, 0.5) is 0 Å². The van der Waals surface area contributed by atoms with Crippen LogP contribution >= 0.6 is 15.9 Å². The first-order valence-electron chi connectivity index (χ1n) is 5.55. The molecule has 0 N–H and O–H groups in total. The van der Waals surface area contributed by atoms with E-state index < -0.39 is 0 Å². The van der Waals surface area contributed by atoms with Crippen LogP contribution in [0, 0.1) is 0 Å². The van der Waals surface area contributed by atoms with E-state index in [9.17, 15) is 0 Å². The Hall–Kier alpha value is -0.300. The average Bonchev–Trinajstić information content (AvgIpc) is 2.76. The molecule has 14 heavy (non-hydrogen) atoms. The zero-order valence-electron chi connectivity index (χ0n) is 8.30. The van der Waals surface area contributed by atoms with Crippen molar-refractivity contribution in [1.29, 1.82) is 0 Å². The summed E-state index contributed by atoms with van der Waals surface area (Å²) in [7, 11) is 0. The maximum Gasteiger partial charge on any atom is 0.0242 e. The first kappa shape index (κ1) is 8.96. The van der Waals surface area contributed by atoms with Gasteiger partial charge in [0.05, 0.1) is 0 Å². The van der Waals surface area contributed by atoms with Gasteiger partial charge < -0.3 is 0 Å². The summed E-state index contributed by atoms with van der Waals surface area (Å²) in [6.07, 6.45) is 6.79. The van der Waals surface area contributed by atoms with Crippen LogP contribution in [0.2, 0.25) is 0 Å². The van der Waals surface area contributed by atoms with Gasteiger partial charge in [-0.3, -0.25) is 0 Å². The van der Waals surface area contributed by atoms with Crippen molar-refractivity contribution in [3.63, 3.8) is 0 Å². The molecule has 2 unspecified atom stereocenters. The predicted molar refractivity (Wildman–Crippen MR) is 63.0 cm³/mol. The van der Waals surface area contributed by atoms with Gasteiger partial charge in [0.15, 0.2) is 0 Å². The number of halogens is 1. The van der Waals surface area contributed by atoms with Crippen LogP contribution in [0.5, 0.6) is 0 Å². The van der Waals surface area contributed by atoms with Crippen molar-refractivity contribution in [3.8, 4) is 0 Å². The molecule has 2 atom stereocenters. The Morgan fingerprint density at radius 2 is 2.07 bits per heavy atom. The lowest BCUT2D eigenvalue weighted by atomic mass is 9.80. The zero-order chi connectivity index (χ0) is 9.60. The smallest absolute Gasteiger partial charge is 0.0242 e. The van der Waals surface area contributed by atoms with Crippen molar-refractivity contribution >= 4 is 15.9 Å². The van der Waals surface area contributed by atoms with Gasteiger partial charge in [-0.05, 0) is 36.8 Å². The second-order valence-electron chi connectivity index (χ2n) is 4.67. The summed E-state index contributed by atoms with van der Waals surface area (Å²) in [5.41, 5.74) is 3.73. The Bertz CT molecular complexity index is 358. The Morgan fingerprint density at radius 1 is 1.21 bits per heavy atom. The Labute approximate surface area is 93.8 Å². The third-order valence-electron chi connectivity index (χ3n) is 4.07. The second-order valence-corrected chi connectivity index (χ2v) is 5.78. The molecule has 1 spiro atoms. The molecule has 1 heteroatoms. The molecule has 0 aliphatic heterocycles. The Kier molecular flexibility index (Phi) is 1.98. The van der Waals surface area contributed by atoms with Crippen LogP contribution in [0.25, 0.3) is 0 Å². The van der Waals surface area contributed by atoms with E-state index in [1.807, 2.05) is 0 Å². The van der Waals surface area contributed by atoms with Crippen molar-refractivity contribution in [1.82, 2.24) is 0 Å². The molecule has 2 aliphatic rings. The minimum atomic E-state index is 0.497. The van der Waals surface area contributed by atoms with Crippen molar-refractivity contribution in [2.45, 2.75) is 42.3 Å². The molecule has 0 amide bonds. The van der Waals surface area contributed by atoms with E-state index >= 15 is 0 Å². The lowest BCUT2D eigenvalue weighted by molar-refractivity contribution is 0.453. The fourth-order valence-electron chi connectivity index (χ4n) is 3.33. The number of aryl methyl sites for hydroxylation is 1. The van der Waals surface area contributed by atoms with Crippen LogP contribution in [0.15, 0.2) is 24.3 Å². The fourth-order valence-corrected chi connectivity index (χ4v) is 4.36. The Morgan fingerprint density at radius 3 is 2.86 bits per heavy atom. The van der Waals surface area contributed by atoms with Crippen molar-refractivity contribution < 1.29 is 0 Å². The molecule has 0 bridgehead atoms. The molecule has 0 nitrogen and oxygen atoms in total. The van der Waals surface area contributed by atoms with Gasteiger partial charge in [-0.15, -0.1) is 0 Å². The summed E-state index contributed by atoms with van der Waals surface area (Å²) in [6.45, 7) is 0. The second kappa shape index (κ2) is 3.10. The molecular formula is C13H15Br. The van der Waals surface area contributed by atoms with E-state index in [0.717, 1.165) is 4.83 Å². The lowest BCUT2D eigenvalue weighted by Gasteiger charge is -2.28. The van der Waals surface area contributed by atoms with Gasteiger partial charge in [0.2, 0.25) is 0 Å². The number of hydrogen-bond acceptors (Lipinski definition) is 0. The summed E-state index contributed by atoms with van der Waals surface area (Å²) in [6, 6.07) is 9.03. The van der Waals surface area contributed by atoms with E-state index in [1.54, 1.807) is 11.1 Å². The van der Waals surface area contributed by atoms with Gasteiger partial charge in [-0.2, -0.15) is 0 Å². The molecule has 0 radical (unpaired) electrons. The highest BCUT2D eigenvalue weighted by Crippen LogP contribution is 2.52. The molecule has 1 aromatic rings. The molecule has 2 aliphatic carbocycles. The Balaban J connectivity index is 2.12. The number of alkyl halides is 1. The molecular weight excluding hydrogens is 236 g/mol. The summed E-state index contributed by atoms with van der Waals surface area (Å²) in [4.78, 5) is 0.721. The van der Waals surface area contributed by atoms with E-state index in [0.29, 0.717) is 5.41 Å². The quantitative estimate of drug-likeness (QED) is 0.615. The summed E-state index contributed by atoms with van der Waals surface area (Å²) in [5, 5.41) is 0. The van der Waals surface area contributed by atoms with E-state index in [-0.39, 0.29) is 0 Å². The van der Waals surface area contributed by atoms with Gasteiger partial charge in [0, 0.05) is 10.2 Å². The first-order chi connectivity index (χ1) is 6.83. The lowest BCUT2D eigenvalue weighted by Crippen LogP contribution is -2.27. The van der Waals surface area contributed by atoms with Crippen LogP contribution < -0.4 is 0 Å². The molecule has 3 rings (SSSR count). The fraction of sp³-hybridized carbons (Fsp3) is 0.538. The summed E-state index contributed by atoms with van der Waals surface area (Å²) >= 11 is 3.89. The van der Waals surface area contributed by atoms with Gasteiger partial charge in [0.1, 0.15) is 0 Å². The molecule has 0 saturated heterocycles. The maximum absolute atomic E-state index is 3.89. The predicted octanol–water partition coefficient (Wildman–Crippen LogP) is 3.82. The third kappa shape index (κ3) is 1.05. The SMILES string of the molecule is BrC1CCCC12CCc1ccccc12.